The highest BCUT2D eigenvalue weighted by Gasteiger charge is 2.23. The van der Waals surface area contributed by atoms with Gasteiger partial charge in [-0.2, -0.15) is 0 Å². The predicted octanol–water partition coefficient (Wildman–Crippen LogP) is 11.4. The van der Waals surface area contributed by atoms with Crippen LogP contribution in [-0.4, -0.2) is 8.97 Å². The number of hydrogen-bond acceptors (Lipinski definition) is 1. The summed E-state index contributed by atoms with van der Waals surface area (Å²) in [5.41, 5.74) is 10.7. The number of benzene rings is 7. The van der Waals surface area contributed by atoms with Crippen molar-refractivity contribution in [2.75, 3.05) is 4.90 Å². The smallest absolute Gasteiger partial charge is 0.0641 e. The van der Waals surface area contributed by atoms with Gasteiger partial charge in [0.2, 0.25) is 0 Å². The molecule has 0 saturated heterocycles. The summed E-state index contributed by atoms with van der Waals surface area (Å²) in [6.45, 7) is 0. The minimum atomic E-state index is 1.12. The molecule has 0 fully saturated rings. The van der Waals surface area contributed by atoms with Gasteiger partial charge in [-0.1, -0.05) is 91.0 Å². The Hall–Kier alpha value is -6.06. The van der Waals surface area contributed by atoms with Crippen molar-refractivity contribution in [1.82, 2.24) is 8.97 Å². The summed E-state index contributed by atoms with van der Waals surface area (Å²) in [4.78, 5) is 2.31. The standard InChI is InChI=1S/C42H27N3/c1-3-12-28(13-4-1)43(29-14-5-2-6-15-29)30-22-24-31(25-23-30)44-38-21-11-18-34-32-16-7-9-19-36(32)45-37-20-10-8-17-33(37)35-26-27-39(44)41(40(34)38)42(35)45/h1-27H. The second-order valence-electron chi connectivity index (χ2n) is 11.8. The number of anilines is 3. The quantitative estimate of drug-likeness (QED) is 0.204. The Morgan fingerprint density at radius 3 is 1.51 bits per heavy atom. The maximum Gasteiger partial charge on any atom is 0.0641 e. The Morgan fingerprint density at radius 1 is 0.333 bits per heavy atom. The van der Waals surface area contributed by atoms with E-state index < -0.39 is 0 Å². The Kier molecular flexibility index (Phi) is 5.00. The zero-order chi connectivity index (χ0) is 29.5. The van der Waals surface area contributed by atoms with Crippen LogP contribution in [0.4, 0.5) is 17.1 Å². The van der Waals surface area contributed by atoms with Crippen LogP contribution in [-0.2, 0) is 0 Å². The van der Waals surface area contributed by atoms with E-state index in [1.165, 1.54) is 59.9 Å². The van der Waals surface area contributed by atoms with Gasteiger partial charge in [-0.3, -0.25) is 0 Å². The number of nitrogens with zero attached hydrogens (tertiary/aromatic N) is 3. The molecule has 7 aromatic carbocycles. The van der Waals surface area contributed by atoms with E-state index in [2.05, 4.69) is 178 Å². The molecular weight excluding hydrogens is 546 g/mol. The number of fused-ring (bicyclic) bond motifs is 6. The van der Waals surface area contributed by atoms with Crippen LogP contribution in [0.2, 0.25) is 0 Å². The Morgan fingerprint density at radius 2 is 0.844 bits per heavy atom. The van der Waals surface area contributed by atoms with Crippen molar-refractivity contribution in [2.24, 2.45) is 0 Å². The molecule has 0 radical (unpaired) electrons. The van der Waals surface area contributed by atoms with E-state index in [1.807, 2.05) is 0 Å². The summed E-state index contributed by atoms with van der Waals surface area (Å²) in [5.74, 6) is 0. The first kappa shape index (κ1) is 24.4. The lowest BCUT2D eigenvalue weighted by Gasteiger charge is -2.25. The molecule has 3 heterocycles. The third-order valence-corrected chi connectivity index (χ3v) is 9.42. The highest BCUT2D eigenvalue weighted by Crippen LogP contribution is 2.45. The molecule has 0 aliphatic heterocycles. The summed E-state index contributed by atoms with van der Waals surface area (Å²) in [7, 11) is 0. The molecule has 0 unspecified atom stereocenters. The third-order valence-electron chi connectivity index (χ3n) is 9.42. The largest absolute Gasteiger partial charge is 0.311 e. The van der Waals surface area contributed by atoms with Crippen LogP contribution in [0.3, 0.4) is 0 Å². The van der Waals surface area contributed by atoms with Crippen molar-refractivity contribution in [3.63, 3.8) is 0 Å². The van der Waals surface area contributed by atoms with Gasteiger partial charge in [-0.05, 0) is 78.2 Å². The molecule has 0 spiro atoms. The van der Waals surface area contributed by atoms with Crippen molar-refractivity contribution < 1.29 is 0 Å². The number of hydrogen-bond donors (Lipinski definition) is 0. The fraction of sp³-hybridized carbons (Fsp3) is 0. The Bertz CT molecular complexity index is 2640. The Balaban J connectivity index is 1.28. The first-order chi connectivity index (χ1) is 22.4. The van der Waals surface area contributed by atoms with E-state index in [1.54, 1.807) is 0 Å². The van der Waals surface area contributed by atoms with Gasteiger partial charge in [0.15, 0.2) is 0 Å². The number of aromatic nitrogens is 2. The molecule has 0 amide bonds. The average molecular weight is 574 g/mol. The minimum absolute atomic E-state index is 1.12. The van der Waals surface area contributed by atoms with E-state index in [0.717, 1.165) is 22.7 Å². The molecule has 0 N–H and O–H groups in total. The maximum absolute atomic E-state index is 2.49. The van der Waals surface area contributed by atoms with Gasteiger partial charge in [0, 0.05) is 49.7 Å². The highest BCUT2D eigenvalue weighted by atomic mass is 15.1. The molecule has 10 aromatic rings. The predicted molar refractivity (Wildman–Crippen MR) is 190 cm³/mol. The summed E-state index contributed by atoms with van der Waals surface area (Å²) in [5, 5.41) is 7.74. The summed E-state index contributed by atoms with van der Waals surface area (Å²) < 4.78 is 4.94. The first-order valence-corrected chi connectivity index (χ1v) is 15.5. The number of rotatable bonds is 4. The lowest BCUT2D eigenvalue weighted by molar-refractivity contribution is 1.17. The van der Waals surface area contributed by atoms with Crippen molar-refractivity contribution in [3.05, 3.63) is 164 Å². The van der Waals surface area contributed by atoms with Crippen LogP contribution >= 0.6 is 0 Å². The monoisotopic (exact) mass is 573 g/mol. The molecule has 210 valence electrons. The van der Waals surface area contributed by atoms with Crippen LogP contribution in [0.5, 0.6) is 0 Å². The molecule has 0 bridgehead atoms. The van der Waals surface area contributed by atoms with Crippen molar-refractivity contribution >= 4 is 77.0 Å². The maximum atomic E-state index is 2.49. The van der Waals surface area contributed by atoms with Crippen LogP contribution in [0.15, 0.2) is 164 Å². The molecule has 0 aliphatic carbocycles. The number of para-hydroxylation sites is 4. The Labute approximate surface area is 259 Å². The summed E-state index contributed by atoms with van der Waals surface area (Å²) in [6, 6.07) is 59.3. The molecule has 3 nitrogen and oxygen atoms in total. The molecular formula is C42H27N3. The van der Waals surface area contributed by atoms with E-state index in [4.69, 9.17) is 0 Å². The molecule has 0 aliphatic rings. The molecule has 45 heavy (non-hydrogen) atoms. The van der Waals surface area contributed by atoms with Crippen LogP contribution < -0.4 is 4.90 Å². The second-order valence-corrected chi connectivity index (χ2v) is 11.8. The second kappa shape index (κ2) is 9.22. The molecule has 0 saturated carbocycles. The summed E-state index contributed by atoms with van der Waals surface area (Å²) >= 11 is 0. The third kappa shape index (κ3) is 3.35. The normalized spacial score (nSPS) is 12.0. The van der Waals surface area contributed by atoms with Gasteiger partial charge < -0.3 is 13.9 Å². The molecule has 10 rings (SSSR count). The fourth-order valence-electron chi connectivity index (χ4n) is 7.60. The van der Waals surface area contributed by atoms with E-state index in [0.29, 0.717) is 0 Å². The van der Waals surface area contributed by atoms with Crippen molar-refractivity contribution in [3.8, 4) is 5.69 Å². The van der Waals surface area contributed by atoms with E-state index in [9.17, 15) is 0 Å². The molecule has 3 heteroatoms. The van der Waals surface area contributed by atoms with Crippen LogP contribution in [0, 0.1) is 0 Å². The summed E-state index contributed by atoms with van der Waals surface area (Å²) in [6.07, 6.45) is 0. The van der Waals surface area contributed by atoms with Gasteiger partial charge in [-0.15, -0.1) is 0 Å². The zero-order valence-corrected chi connectivity index (χ0v) is 24.4. The van der Waals surface area contributed by atoms with Gasteiger partial charge in [0.05, 0.1) is 27.6 Å². The molecule has 3 aromatic heterocycles. The minimum Gasteiger partial charge on any atom is -0.311 e. The van der Waals surface area contributed by atoms with Crippen molar-refractivity contribution in [1.29, 1.82) is 0 Å². The fourth-order valence-corrected chi connectivity index (χ4v) is 7.60. The van der Waals surface area contributed by atoms with Crippen LogP contribution in [0.1, 0.15) is 0 Å². The van der Waals surface area contributed by atoms with Crippen molar-refractivity contribution in [2.45, 2.75) is 0 Å². The SMILES string of the molecule is c1ccc(N(c2ccccc2)c2ccc(-n3c4cccc5c6ccccc6n6c7ccccc7c7ccc3c(c54)c76)cc2)cc1. The van der Waals surface area contributed by atoms with Gasteiger partial charge in [0.25, 0.3) is 0 Å². The zero-order valence-electron chi connectivity index (χ0n) is 24.4. The van der Waals surface area contributed by atoms with Crippen LogP contribution in [0.25, 0.3) is 65.6 Å². The highest BCUT2D eigenvalue weighted by molar-refractivity contribution is 6.33. The topological polar surface area (TPSA) is 12.6 Å². The molecule has 0 atom stereocenters. The van der Waals surface area contributed by atoms with E-state index in [-0.39, 0.29) is 0 Å². The van der Waals surface area contributed by atoms with E-state index >= 15 is 0 Å². The average Bonchev–Trinajstić information content (AvgIpc) is 3.58. The lowest BCUT2D eigenvalue weighted by Crippen LogP contribution is -2.09. The van der Waals surface area contributed by atoms with Gasteiger partial charge in [-0.25, -0.2) is 0 Å². The first-order valence-electron chi connectivity index (χ1n) is 15.5. The lowest BCUT2D eigenvalue weighted by atomic mass is 10.0. The van der Waals surface area contributed by atoms with Gasteiger partial charge in [0.1, 0.15) is 0 Å². The van der Waals surface area contributed by atoms with Gasteiger partial charge >= 0.3 is 0 Å².